The molecule has 672 valence electrons. The summed E-state index contributed by atoms with van der Waals surface area (Å²) in [6.45, 7) is 61.7. The van der Waals surface area contributed by atoms with Gasteiger partial charge in [-0.25, -0.2) is 0 Å². The Morgan fingerprint density at radius 1 is 0.184 bits per heavy atom. The van der Waals surface area contributed by atoms with Crippen molar-refractivity contribution in [3.63, 3.8) is 0 Å². The predicted molar refractivity (Wildman–Crippen MR) is 502 cm³/mol. The van der Waals surface area contributed by atoms with Crippen LogP contribution in [-0.4, -0.2) is 101 Å². The van der Waals surface area contributed by atoms with Crippen LogP contribution in [0.2, 0.25) is 0 Å². The van der Waals surface area contributed by atoms with Gasteiger partial charge in [-0.3, -0.25) is 28.8 Å². The third-order valence-electron chi connectivity index (χ3n) is 23.4. The lowest BCUT2D eigenvalue weighted by Gasteiger charge is -2.29. The molecule has 0 spiro atoms. The minimum atomic E-state index is -0.369. The van der Waals surface area contributed by atoms with Crippen LogP contribution < -0.4 is 37.9 Å². The van der Waals surface area contributed by atoms with Crippen LogP contribution in [0.25, 0.3) is 0 Å². The van der Waals surface area contributed by atoms with Gasteiger partial charge in [-0.2, -0.15) is 0 Å². The molecule has 0 amide bonds. The molecule has 8 aromatic rings. The molecule has 0 heterocycles. The second-order valence-corrected chi connectivity index (χ2v) is 43.7. The Morgan fingerprint density at radius 3 is 0.384 bits per heavy atom. The first-order valence-electron chi connectivity index (χ1n) is 44.8. The van der Waals surface area contributed by atoms with E-state index in [1.807, 2.05) is 0 Å². The van der Waals surface area contributed by atoms with E-state index in [9.17, 15) is 28.8 Å². The van der Waals surface area contributed by atoms with Crippen LogP contribution in [0, 0.1) is 0 Å². The number of carbonyl (C=O) groups is 6. The summed E-state index contributed by atoms with van der Waals surface area (Å²) in [5.74, 6) is 4.04. The highest BCUT2D eigenvalue weighted by atomic mass is 16.5. The Morgan fingerprint density at radius 2 is 0.288 bits per heavy atom. The van der Waals surface area contributed by atoms with Crippen molar-refractivity contribution < 1.29 is 71.4 Å². The van der Waals surface area contributed by atoms with E-state index in [2.05, 4.69) is 263 Å². The van der Waals surface area contributed by atoms with Crippen LogP contribution in [0.1, 0.15) is 341 Å². The summed E-state index contributed by atoms with van der Waals surface area (Å²) in [5.41, 5.74) is 19.5. The third-order valence-corrected chi connectivity index (χ3v) is 23.4. The van der Waals surface area contributed by atoms with Crippen molar-refractivity contribution in [1.29, 1.82) is 0 Å². The summed E-state index contributed by atoms with van der Waals surface area (Å²) in [6.07, 6.45) is 2.60. The van der Waals surface area contributed by atoms with Crippen molar-refractivity contribution in [2.75, 3.05) is 66.1 Å². The fourth-order valence-corrected chi connectivity index (χ4v) is 16.3. The lowest BCUT2D eigenvalue weighted by Crippen LogP contribution is -2.19. The number of benzene rings is 8. The largest absolute Gasteiger partial charge is 0.491 e. The Bertz CT molecular complexity index is 4790. The van der Waals surface area contributed by atoms with Crippen LogP contribution in [0.5, 0.6) is 46.0 Å². The van der Waals surface area contributed by atoms with E-state index in [-0.39, 0.29) is 144 Å². The highest BCUT2D eigenvalue weighted by Crippen LogP contribution is 2.49. The molecule has 0 fully saturated rings. The molecule has 0 N–H and O–H groups in total. The van der Waals surface area contributed by atoms with Crippen LogP contribution in [0.4, 0.5) is 0 Å². The van der Waals surface area contributed by atoms with Crippen LogP contribution in [0.15, 0.2) is 97.1 Å². The fraction of sp³-hybridized carbons (Fsp3) is 0.509. The molecule has 0 aromatic heterocycles. The average molecular weight is 1700 g/mol. The topological polar surface area (TPSA) is 185 Å². The minimum absolute atomic E-state index is 0.123. The Hall–Kier alpha value is -9.86. The molecule has 0 atom stereocenters. The molecule has 0 radical (unpaired) electrons. The maximum absolute atomic E-state index is 13.4. The molecule has 15 heteroatoms. The van der Waals surface area contributed by atoms with Crippen molar-refractivity contribution in [2.45, 2.75) is 302 Å². The molecule has 10 rings (SSSR count). The van der Waals surface area contributed by atoms with E-state index in [1.165, 1.54) is 41.5 Å². The smallest absolute Gasteiger partial charge is 0.167 e. The minimum Gasteiger partial charge on any atom is -0.491 e. The number of fused-ring (bicyclic) bond motifs is 16. The van der Waals surface area contributed by atoms with Crippen molar-refractivity contribution in [1.82, 2.24) is 0 Å². The summed E-state index contributed by atoms with van der Waals surface area (Å²) in [5, 5.41) is 0. The lowest BCUT2D eigenvalue weighted by molar-refractivity contribution is -0.119. The Kier molecular flexibility index (Phi) is 29.9. The Balaban J connectivity index is 1.15. The Labute approximate surface area is 746 Å². The van der Waals surface area contributed by atoms with Crippen LogP contribution in [-0.2, 0) is 128 Å². The van der Waals surface area contributed by atoms with Gasteiger partial charge in [-0.15, -0.1) is 0 Å². The summed E-state index contributed by atoms with van der Waals surface area (Å²) in [7, 11) is 0. The maximum Gasteiger partial charge on any atom is 0.167 e. The zero-order valence-electron chi connectivity index (χ0n) is 81.1. The van der Waals surface area contributed by atoms with Crippen molar-refractivity contribution in [3.8, 4) is 46.0 Å². The number of carbonyl (C=O) groups excluding carboxylic acids is 6. The SMILES string of the molecule is CC(=O)COc1c2cc(C(C)(C)C)cc1Cc1cc(C(C)(C)C)cc(c1OCC(C)=O)Cc1cc(C(C)(C)C)cc(c1OCC(C)=O)Cc1cc(C(C)(C)C)cc(c1OCCOCCOc1c3cc(C(C)(C)C)cc1Cc1cc(C(C)(C)C)cc(c1OCC(C)=O)Cc1cc(C(C)(C)C)cc(c1OCC(C)=O)Cc1cc(C(C)(C)C)cc(c1OCC(C)=O)C3)C2. The molecule has 8 aromatic carbocycles. The standard InChI is InChI=1S/C110H142O15/c1-65(111)59-120-97-75-35-71-43-87(103(7,8)9)44-72(36-76-48-90(106(16,17)18)52-80(98(76)121-60-66(2)112)40-84-56-93(109(25,26)27)55-83(101(84)124-63-69(5)115)39-79(97)51-89(47-75)105(13,14)15)95(71)118-33-31-117-32-34-119-96-73-37-77-49-91(107(19,20)21)53-81(99(77)122-61-67(3)113)41-85-57-94(110(28,29)30)58-86(102(85)125-64-70(6)116)42-82-54-92(108(22,23)24)50-78(100(82)123-62-68(4)114)38-74(96)46-88(45-73)104(10,11)12/h43-58H,31-42,59-64H2,1-30H3. The van der Waals surface area contributed by atoms with E-state index in [0.717, 1.165) is 134 Å². The molecule has 2 aliphatic rings. The highest BCUT2D eigenvalue weighted by molar-refractivity contribution is 5.80. The molecular weight excluding hydrogens is 1560 g/mol. The van der Waals surface area contributed by atoms with Crippen LogP contribution in [0.3, 0.4) is 0 Å². The number of ketones is 6. The normalized spacial score (nSPS) is 13.5. The molecule has 0 saturated heterocycles. The van der Waals surface area contributed by atoms with Crippen molar-refractivity contribution in [3.05, 3.63) is 231 Å². The summed E-state index contributed by atoms with van der Waals surface area (Å²) in [6, 6.07) is 35.5. The van der Waals surface area contributed by atoms with Gasteiger partial charge in [0.25, 0.3) is 0 Å². The molecule has 16 bridgehead atoms. The number of ether oxygens (including phenoxy) is 9. The fourth-order valence-electron chi connectivity index (χ4n) is 16.3. The zero-order valence-corrected chi connectivity index (χ0v) is 81.1. The molecule has 15 nitrogen and oxygen atoms in total. The molecule has 0 unspecified atom stereocenters. The predicted octanol–water partition coefficient (Wildman–Crippen LogP) is 22.7. The van der Waals surface area contributed by atoms with E-state index < -0.39 is 0 Å². The van der Waals surface area contributed by atoms with Gasteiger partial charge >= 0.3 is 0 Å². The van der Waals surface area contributed by atoms with Crippen molar-refractivity contribution in [2.24, 2.45) is 0 Å². The quantitative estimate of drug-likeness (QED) is 0.0466. The summed E-state index contributed by atoms with van der Waals surface area (Å²) in [4.78, 5) is 79.8. The number of hydrogen-bond donors (Lipinski definition) is 0. The summed E-state index contributed by atoms with van der Waals surface area (Å²) >= 11 is 0. The van der Waals surface area contributed by atoms with Gasteiger partial charge in [0.2, 0.25) is 0 Å². The van der Waals surface area contributed by atoms with E-state index in [4.69, 9.17) is 42.6 Å². The third kappa shape index (κ3) is 25.3. The molecule has 0 aliphatic heterocycles. The number of hydrogen-bond acceptors (Lipinski definition) is 15. The van der Waals surface area contributed by atoms with E-state index in [1.54, 1.807) is 0 Å². The van der Waals surface area contributed by atoms with Gasteiger partial charge < -0.3 is 42.6 Å². The van der Waals surface area contributed by atoms with Crippen molar-refractivity contribution >= 4 is 34.7 Å². The van der Waals surface area contributed by atoms with E-state index >= 15 is 0 Å². The number of Topliss-reactive ketones (excluding diaryl/α,β-unsaturated/α-hetero) is 6. The van der Waals surface area contributed by atoms with Gasteiger partial charge in [0.1, 0.15) is 98.9 Å². The molecule has 0 saturated carbocycles. The summed E-state index contributed by atoms with van der Waals surface area (Å²) < 4.78 is 62.8. The molecular formula is C110H142O15. The first-order valence-corrected chi connectivity index (χ1v) is 44.8. The molecule has 125 heavy (non-hydrogen) atoms. The number of rotatable bonds is 26. The molecule has 2 aliphatic carbocycles. The van der Waals surface area contributed by atoms with Gasteiger partial charge in [0.15, 0.2) is 34.7 Å². The average Bonchev–Trinajstić information content (AvgIpc) is 0.759. The second-order valence-electron chi connectivity index (χ2n) is 43.7. The first-order chi connectivity index (χ1) is 57.9. The second kappa shape index (κ2) is 38.4. The zero-order chi connectivity index (χ0) is 92.3. The monoisotopic (exact) mass is 1700 g/mol. The highest BCUT2D eigenvalue weighted by Gasteiger charge is 2.35. The first kappa shape index (κ1) is 97.3. The van der Waals surface area contributed by atoms with Gasteiger partial charge in [-0.05, 0) is 218 Å². The van der Waals surface area contributed by atoms with Gasteiger partial charge in [0, 0.05) is 51.4 Å². The van der Waals surface area contributed by atoms with Gasteiger partial charge in [0.05, 0.1) is 13.2 Å². The van der Waals surface area contributed by atoms with Crippen LogP contribution >= 0.6 is 0 Å². The maximum atomic E-state index is 13.4. The van der Waals surface area contributed by atoms with E-state index in [0.29, 0.717) is 97.4 Å². The lowest BCUT2D eigenvalue weighted by atomic mass is 9.79. The van der Waals surface area contributed by atoms with Gasteiger partial charge in [-0.1, -0.05) is 263 Å².